The van der Waals surface area contributed by atoms with Crippen molar-refractivity contribution in [1.29, 1.82) is 0 Å². The molecule has 5 nitrogen and oxygen atoms in total. The van der Waals surface area contributed by atoms with Gasteiger partial charge in [0.15, 0.2) is 0 Å². The van der Waals surface area contributed by atoms with Crippen molar-refractivity contribution in [3.8, 4) is 0 Å². The van der Waals surface area contributed by atoms with E-state index in [0.29, 0.717) is 6.42 Å². The lowest BCUT2D eigenvalue weighted by atomic mass is 10.1. The molecule has 0 radical (unpaired) electrons. The van der Waals surface area contributed by atoms with Gasteiger partial charge in [0.05, 0.1) is 0 Å². The van der Waals surface area contributed by atoms with E-state index in [0.717, 1.165) is 5.69 Å². The molecule has 1 aromatic carbocycles. The molecule has 1 aromatic rings. The molecule has 0 aliphatic heterocycles. The van der Waals surface area contributed by atoms with Gasteiger partial charge in [0.1, 0.15) is 5.60 Å². The average molecular weight is 320 g/mol. The minimum atomic E-state index is -0.547. The fraction of sp³-hybridized carbons (Fsp3) is 0.556. The zero-order valence-electron chi connectivity index (χ0n) is 15.0. The van der Waals surface area contributed by atoms with Gasteiger partial charge in [-0.1, -0.05) is 25.1 Å². The molecule has 0 heterocycles. The van der Waals surface area contributed by atoms with E-state index in [9.17, 15) is 9.59 Å². The first-order chi connectivity index (χ1) is 10.7. The van der Waals surface area contributed by atoms with Crippen LogP contribution in [-0.2, 0) is 9.53 Å². The number of carbonyl (C=O) groups excluding carboxylic acids is 2. The van der Waals surface area contributed by atoms with Crippen LogP contribution < -0.4 is 4.90 Å². The number of anilines is 1. The van der Waals surface area contributed by atoms with E-state index in [1.54, 1.807) is 19.0 Å². The lowest BCUT2D eigenvalue weighted by Gasteiger charge is -2.31. The number of carbonyl (C=O) groups is 2. The molecule has 0 fully saturated rings. The third kappa shape index (κ3) is 5.93. The highest BCUT2D eigenvalue weighted by Crippen LogP contribution is 2.17. The first kappa shape index (κ1) is 19.0. The average Bonchev–Trinajstić information content (AvgIpc) is 2.50. The van der Waals surface area contributed by atoms with Gasteiger partial charge in [-0.2, -0.15) is 0 Å². The van der Waals surface area contributed by atoms with E-state index >= 15 is 0 Å². The van der Waals surface area contributed by atoms with Crippen molar-refractivity contribution in [2.75, 3.05) is 19.0 Å². The zero-order valence-corrected chi connectivity index (χ0v) is 15.0. The quantitative estimate of drug-likeness (QED) is 0.831. The number of nitrogens with zero attached hydrogens (tertiary/aromatic N) is 2. The number of hydrogen-bond acceptors (Lipinski definition) is 3. The number of ether oxygens (including phenoxy) is 1. The largest absolute Gasteiger partial charge is 0.444 e. The molecule has 1 rings (SSSR count). The number of amides is 2. The Bertz CT molecular complexity index is 523. The summed E-state index contributed by atoms with van der Waals surface area (Å²) in [5.41, 5.74) is 0.293. The van der Waals surface area contributed by atoms with Crippen LogP contribution in [0.1, 0.15) is 40.5 Å². The van der Waals surface area contributed by atoms with Gasteiger partial charge in [0, 0.05) is 32.2 Å². The molecule has 0 saturated carbocycles. The predicted molar refractivity (Wildman–Crippen MR) is 92.5 cm³/mol. The minimum absolute atomic E-state index is 0.0292. The third-order valence-electron chi connectivity index (χ3n) is 3.63. The third-order valence-corrected chi connectivity index (χ3v) is 3.63. The lowest BCUT2D eigenvalue weighted by molar-refractivity contribution is -0.119. The van der Waals surface area contributed by atoms with Crippen molar-refractivity contribution in [3.05, 3.63) is 30.3 Å². The highest BCUT2D eigenvalue weighted by molar-refractivity contribution is 5.93. The van der Waals surface area contributed by atoms with Crippen molar-refractivity contribution >= 4 is 17.7 Å². The van der Waals surface area contributed by atoms with Crippen LogP contribution in [0.4, 0.5) is 10.5 Å². The summed E-state index contributed by atoms with van der Waals surface area (Å²) in [5, 5.41) is 0. The summed E-state index contributed by atoms with van der Waals surface area (Å²) in [7, 11) is 3.43. The number of benzene rings is 1. The Balaban J connectivity index is 2.71. The van der Waals surface area contributed by atoms with Gasteiger partial charge in [0.25, 0.3) is 0 Å². The second kappa shape index (κ2) is 7.99. The highest BCUT2D eigenvalue weighted by Gasteiger charge is 2.27. The number of rotatable bonds is 5. The maximum atomic E-state index is 12.5. The van der Waals surface area contributed by atoms with E-state index in [2.05, 4.69) is 0 Å². The predicted octanol–water partition coefficient (Wildman–Crippen LogP) is 3.69. The standard InChI is InChI=1S/C18H28N2O3/c1-7-14(20(6)17(22)23-18(2,3)4)13-16(21)19(5)15-11-9-8-10-12-15/h8-12,14H,7,13H2,1-6H3. The van der Waals surface area contributed by atoms with E-state index in [4.69, 9.17) is 4.74 Å². The Morgan fingerprint density at radius 2 is 1.70 bits per heavy atom. The molecule has 0 saturated heterocycles. The maximum Gasteiger partial charge on any atom is 0.410 e. The van der Waals surface area contributed by atoms with Crippen molar-refractivity contribution in [2.45, 2.75) is 52.2 Å². The Morgan fingerprint density at radius 1 is 1.13 bits per heavy atom. The summed E-state index contributed by atoms with van der Waals surface area (Å²) in [4.78, 5) is 27.8. The second-order valence-electron chi connectivity index (χ2n) is 6.65. The molecule has 128 valence electrons. The zero-order chi connectivity index (χ0) is 17.6. The normalized spacial score (nSPS) is 12.4. The Morgan fingerprint density at radius 3 is 2.17 bits per heavy atom. The van der Waals surface area contributed by atoms with Crippen LogP contribution in [0.2, 0.25) is 0 Å². The van der Waals surface area contributed by atoms with Gasteiger partial charge in [-0.15, -0.1) is 0 Å². The fourth-order valence-corrected chi connectivity index (χ4v) is 2.17. The Labute approximate surface area is 139 Å². The molecule has 1 atom stereocenters. The Hall–Kier alpha value is -2.04. The van der Waals surface area contributed by atoms with Gasteiger partial charge in [-0.05, 0) is 39.3 Å². The molecule has 0 aliphatic rings. The summed E-state index contributed by atoms with van der Waals surface area (Å²) < 4.78 is 5.37. The SMILES string of the molecule is CCC(CC(=O)N(C)c1ccccc1)N(C)C(=O)OC(C)(C)C. The summed E-state index contributed by atoms with van der Waals surface area (Å²) in [5.74, 6) is -0.0292. The van der Waals surface area contributed by atoms with Crippen LogP contribution in [0.25, 0.3) is 0 Å². The first-order valence-corrected chi connectivity index (χ1v) is 7.93. The Kier molecular flexibility index (Phi) is 6.61. The monoisotopic (exact) mass is 320 g/mol. The minimum Gasteiger partial charge on any atom is -0.444 e. The van der Waals surface area contributed by atoms with Gasteiger partial charge >= 0.3 is 6.09 Å². The fourth-order valence-electron chi connectivity index (χ4n) is 2.17. The molecule has 1 unspecified atom stereocenters. The molecule has 0 aromatic heterocycles. The number of hydrogen-bond donors (Lipinski definition) is 0. The summed E-state index contributed by atoms with van der Waals surface area (Å²) in [6, 6.07) is 9.27. The first-order valence-electron chi connectivity index (χ1n) is 7.93. The van der Waals surface area contributed by atoms with Crippen LogP contribution in [0.3, 0.4) is 0 Å². The molecule has 5 heteroatoms. The highest BCUT2D eigenvalue weighted by atomic mass is 16.6. The molecular formula is C18H28N2O3. The van der Waals surface area contributed by atoms with Crippen LogP contribution in [0, 0.1) is 0 Å². The van der Waals surface area contributed by atoms with Crippen LogP contribution >= 0.6 is 0 Å². The topological polar surface area (TPSA) is 49.9 Å². The van der Waals surface area contributed by atoms with E-state index in [1.165, 1.54) is 4.90 Å². The summed E-state index contributed by atoms with van der Waals surface area (Å²) in [6.07, 6.45) is 0.543. The van der Waals surface area contributed by atoms with Crippen molar-refractivity contribution < 1.29 is 14.3 Å². The summed E-state index contributed by atoms with van der Waals surface area (Å²) >= 11 is 0. The second-order valence-corrected chi connectivity index (χ2v) is 6.65. The van der Waals surface area contributed by atoms with Crippen LogP contribution in [0.5, 0.6) is 0 Å². The molecule has 0 aliphatic carbocycles. The van der Waals surface area contributed by atoms with E-state index in [1.807, 2.05) is 58.0 Å². The lowest BCUT2D eigenvalue weighted by Crippen LogP contribution is -2.43. The number of para-hydroxylation sites is 1. The van der Waals surface area contributed by atoms with Gasteiger partial charge < -0.3 is 14.5 Å². The summed E-state index contributed by atoms with van der Waals surface area (Å²) in [6.45, 7) is 7.44. The molecule has 23 heavy (non-hydrogen) atoms. The van der Waals surface area contributed by atoms with Crippen LogP contribution in [0.15, 0.2) is 30.3 Å². The van der Waals surface area contributed by atoms with Gasteiger partial charge in [-0.3, -0.25) is 4.79 Å². The van der Waals surface area contributed by atoms with Crippen molar-refractivity contribution in [3.63, 3.8) is 0 Å². The van der Waals surface area contributed by atoms with Crippen molar-refractivity contribution in [2.24, 2.45) is 0 Å². The van der Waals surface area contributed by atoms with Crippen LogP contribution in [-0.4, -0.2) is 42.6 Å². The molecule has 0 bridgehead atoms. The van der Waals surface area contributed by atoms with Gasteiger partial charge in [-0.25, -0.2) is 4.79 Å². The molecule has 0 spiro atoms. The van der Waals surface area contributed by atoms with E-state index in [-0.39, 0.29) is 18.4 Å². The van der Waals surface area contributed by atoms with Gasteiger partial charge in [0.2, 0.25) is 5.91 Å². The molecular weight excluding hydrogens is 292 g/mol. The molecule has 2 amide bonds. The molecule has 0 N–H and O–H groups in total. The van der Waals surface area contributed by atoms with E-state index < -0.39 is 11.7 Å². The van der Waals surface area contributed by atoms with Crippen molar-refractivity contribution in [1.82, 2.24) is 4.90 Å². The maximum absolute atomic E-state index is 12.5. The smallest absolute Gasteiger partial charge is 0.410 e.